The van der Waals surface area contributed by atoms with Crippen LogP contribution in [0.3, 0.4) is 0 Å². The first-order valence-electron chi connectivity index (χ1n) is 8.42. The summed E-state index contributed by atoms with van der Waals surface area (Å²) in [4.78, 5) is 0. The van der Waals surface area contributed by atoms with Gasteiger partial charge in [-0.05, 0) is 30.2 Å². The average molecular weight is 301 g/mol. The van der Waals surface area contributed by atoms with Crippen molar-refractivity contribution in [3.63, 3.8) is 0 Å². The molecule has 1 aliphatic rings. The molecule has 0 radical (unpaired) electrons. The second kappa shape index (κ2) is 6.93. The molecule has 1 atom stereocenters. The molecular formula is C17H36O2Si. The zero-order chi connectivity index (χ0) is 15.4. The molecule has 2 nitrogen and oxygen atoms in total. The molecule has 0 N–H and O–H groups in total. The zero-order valence-corrected chi connectivity index (χ0v) is 15.8. The van der Waals surface area contributed by atoms with Crippen molar-refractivity contribution in [3.8, 4) is 0 Å². The summed E-state index contributed by atoms with van der Waals surface area (Å²) in [6.07, 6.45) is 7.70. The lowest BCUT2D eigenvalue weighted by Gasteiger charge is -2.56. The Morgan fingerprint density at radius 1 is 0.950 bits per heavy atom. The van der Waals surface area contributed by atoms with E-state index in [0.717, 1.165) is 12.0 Å². The number of hydrogen-bond donors (Lipinski definition) is 0. The maximum Gasteiger partial charge on any atom is 0.344 e. The largest absolute Gasteiger partial charge is 0.397 e. The molecular weight excluding hydrogens is 264 g/mol. The zero-order valence-electron chi connectivity index (χ0n) is 14.8. The van der Waals surface area contributed by atoms with Crippen LogP contribution in [0.2, 0.25) is 11.1 Å². The quantitative estimate of drug-likeness (QED) is 0.576. The summed E-state index contributed by atoms with van der Waals surface area (Å²) in [5.74, 6) is 0.733. The van der Waals surface area contributed by atoms with Gasteiger partial charge in [0, 0.05) is 19.3 Å². The minimum Gasteiger partial charge on any atom is -0.397 e. The maximum absolute atomic E-state index is 6.22. The van der Waals surface area contributed by atoms with E-state index in [2.05, 4.69) is 34.6 Å². The molecule has 120 valence electrons. The average Bonchev–Trinajstić information content (AvgIpc) is 2.44. The van der Waals surface area contributed by atoms with Crippen molar-refractivity contribution in [1.82, 2.24) is 0 Å². The van der Waals surface area contributed by atoms with Gasteiger partial charge < -0.3 is 8.85 Å². The fraction of sp³-hybridized carbons (Fsp3) is 1.00. The first kappa shape index (κ1) is 18.2. The predicted molar refractivity (Wildman–Crippen MR) is 89.3 cm³/mol. The lowest BCUT2D eigenvalue weighted by Crippen LogP contribution is -2.58. The molecule has 0 heterocycles. The van der Waals surface area contributed by atoms with E-state index < -0.39 is 8.56 Å². The molecule has 0 saturated heterocycles. The van der Waals surface area contributed by atoms with Crippen molar-refractivity contribution in [2.45, 2.75) is 84.2 Å². The fourth-order valence-electron chi connectivity index (χ4n) is 4.25. The van der Waals surface area contributed by atoms with Gasteiger partial charge in [-0.15, -0.1) is 0 Å². The SMILES string of the molecule is CCC(CC)C[Si](OC)(OC)C1(C)CCCCC1(C)C. The van der Waals surface area contributed by atoms with Gasteiger partial charge >= 0.3 is 8.56 Å². The van der Waals surface area contributed by atoms with Crippen LogP contribution in [0.1, 0.15) is 73.1 Å². The summed E-state index contributed by atoms with van der Waals surface area (Å²) >= 11 is 0. The molecule has 1 unspecified atom stereocenters. The second-order valence-electron chi connectivity index (χ2n) is 7.47. The molecule has 0 aromatic rings. The predicted octanol–water partition coefficient (Wildman–Crippen LogP) is 5.52. The van der Waals surface area contributed by atoms with Gasteiger partial charge in [0.25, 0.3) is 0 Å². The third-order valence-electron chi connectivity index (χ3n) is 6.43. The van der Waals surface area contributed by atoms with Crippen molar-refractivity contribution >= 4 is 8.56 Å². The molecule has 1 saturated carbocycles. The third-order valence-corrected chi connectivity index (χ3v) is 11.5. The Hall–Kier alpha value is 0.137. The summed E-state index contributed by atoms with van der Waals surface area (Å²) < 4.78 is 12.4. The Labute approximate surface area is 127 Å². The molecule has 1 aliphatic carbocycles. The lowest BCUT2D eigenvalue weighted by molar-refractivity contribution is 0.0911. The summed E-state index contributed by atoms with van der Waals surface area (Å²) in [5, 5.41) is 0.213. The normalized spacial score (nSPS) is 27.0. The van der Waals surface area contributed by atoms with Crippen LogP contribution in [0.25, 0.3) is 0 Å². The highest BCUT2D eigenvalue weighted by molar-refractivity contribution is 6.71. The number of rotatable bonds is 7. The topological polar surface area (TPSA) is 18.5 Å². The first-order valence-corrected chi connectivity index (χ1v) is 10.4. The van der Waals surface area contributed by atoms with Crippen molar-refractivity contribution in [3.05, 3.63) is 0 Å². The summed E-state index contributed by atoms with van der Waals surface area (Å²) in [6, 6.07) is 1.15. The molecule has 1 fully saturated rings. The van der Waals surface area contributed by atoms with E-state index in [9.17, 15) is 0 Å². The monoisotopic (exact) mass is 300 g/mol. The highest BCUT2D eigenvalue weighted by Crippen LogP contribution is 2.62. The van der Waals surface area contributed by atoms with E-state index in [0.29, 0.717) is 5.41 Å². The highest BCUT2D eigenvalue weighted by atomic mass is 28.4. The number of hydrogen-bond acceptors (Lipinski definition) is 2. The van der Waals surface area contributed by atoms with Crippen LogP contribution in [-0.4, -0.2) is 22.8 Å². The molecule has 0 bridgehead atoms. The van der Waals surface area contributed by atoms with Crippen LogP contribution in [0.5, 0.6) is 0 Å². The second-order valence-corrected chi connectivity index (χ2v) is 11.3. The van der Waals surface area contributed by atoms with Crippen molar-refractivity contribution in [2.24, 2.45) is 11.3 Å². The summed E-state index contributed by atoms with van der Waals surface area (Å²) in [6.45, 7) is 11.9. The molecule has 0 aliphatic heterocycles. The Balaban J connectivity index is 3.15. The highest BCUT2D eigenvalue weighted by Gasteiger charge is 2.61. The van der Waals surface area contributed by atoms with Crippen LogP contribution in [0.15, 0.2) is 0 Å². The Bertz CT molecular complexity index is 295. The molecule has 0 amide bonds. The Kier molecular flexibility index (Phi) is 6.30. The van der Waals surface area contributed by atoms with Crippen molar-refractivity contribution in [1.29, 1.82) is 0 Å². The van der Waals surface area contributed by atoms with Gasteiger partial charge in [-0.2, -0.15) is 0 Å². The van der Waals surface area contributed by atoms with E-state index in [-0.39, 0.29) is 5.04 Å². The molecule has 0 aromatic heterocycles. The molecule has 0 aromatic carbocycles. The van der Waals surface area contributed by atoms with Gasteiger partial charge in [0.15, 0.2) is 0 Å². The van der Waals surface area contributed by atoms with Crippen LogP contribution < -0.4 is 0 Å². The van der Waals surface area contributed by atoms with Crippen molar-refractivity contribution < 1.29 is 8.85 Å². The van der Waals surface area contributed by atoms with Gasteiger partial charge in [0.2, 0.25) is 0 Å². The standard InChI is InChI=1S/C17H36O2Si/c1-8-15(9-2)14-20(18-6,19-7)17(5)13-11-10-12-16(17,3)4/h15H,8-14H2,1-7H3. The Morgan fingerprint density at radius 3 is 1.85 bits per heavy atom. The lowest BCUT2D eigenvalue weighted by atomic mass is 9.69. The minimum absolute atomic E-state index is 0.213. The molecule has 1 rings (SSSR count). The van der Waals surface area contributed by atoms with Crippen LogP contribution in [0, 0.1) is 11.3 Å². The Morgan fingerprint density at radius 2 is 1.45 bits per heavy atom. The molecule has 3 heteroatoms. The van der Waals surface area contributed by atoms with E-state index in [4.69, 9.17) is 8.85 Å². The fourth-order valence-corrected chi connectivity index (χ4v) is 9.15. The smallest absolute Gasteiger partial charge is 0.344 e. The van der Waals surface area contributed by atoms with Gasteiger partial charge in [-0.3, -0.25) is 0 Å². The van der Waals surface area contributed by atoms with Crippen LogP contribution in [-0.2, 0) is 8.85 Å². The third kappa shape index (κ3) is 3.00. The van der Waals surface area contributed by atoms with Crippen molar-refractivity contribution in [2.75, 3.05) is 14.2 Å². The molecule has 20 heavy (non-hydrogen) atoms. The first-order chi connectivity index (χ1) is 9.32. The molecule has 0 spiro atoms. The van der Waals surface area contributed by atoms with E-state index in [1.165, 1.54) is 38.5 Å². The van der Waals surface area contributed by atoms with E-state index in [1.54, 1.807) is 0 Å². The van der Waals surface area contributed by atoms with Gasteiger partial charge in [0.1, 0.15) is 0 Å². The van der Waals surface area contributed by atoms with Crippen LogP contribution >= 0.6 is 0 Å². The maximum atomic E-state index is 6.22. The van der Waals surface area contributed by atoms with E-state index in [1.807, 2.05) is 14.2 Å². The van der Waals surface area contributed by atoms with E-state index >= 15 is 0 Å². The summed E-state index contributed by atoms with van der Waals surface area (Å²) in [5.41, 5.74) is 0.315. The minimum atomic E-state index is -2.21. The van der Waals surface area contributed by atoms with Gasteiger partial charge in [0.05, 0.1) is 0 Å². The summed E-state index contributed by atoms with van der Waals surface area (Å²) in [7, 11) is 1.59. The van der Waals surface area contributed by atoms with Gasteiger partial charge in [-0.25, -0.2) is 0 Å². The van der Waals surface area contributed by atoms with Gasteiger partial charge in [-0.1, -0.05) is 60.3 Å². The van der Waals surface area contributed by atoms with Crippen LogP contribution in [0.4, 0.5) is 0 Å².